The Morgan fingerprint density at radius 1 is 1.30 bits per heavy atom. The van der Waals surface area contributed by atoms with Crippen LogP contribution in [0, 0.1) is 5.92 Å². The lowest BCUT2D eigenvalue weighted by molar-refractivity contribution is 0.0952. The molecule has 1 amide bonds. The first-order valence-electron chi connectivity index (χ1n) is 7.62. The van der Waals surface area contributed by atoms with E-state index < -0.39 is 0 Å². The molecule has 2 atom stereocenters. The van der Waals surface area contributed by atoms with Crippen molar-refractivity contribution in [3.63, 3.8) is 0 Å². The van der Waals surface area contributed by atoms with Crippen molar-refractivity contribution in [3.8, 4) is 0 Å². The fraction of sp³-hybridized carbons (Fsp3) is 0.562. The second-order valence-corrected chi connectivity index (χ2v) is 6.04. The molecule has 3 N–H and O–H groups in total. The molecule has 1 saturated carbocycles. The third-order valence-electron chi connectivity index (χ3n) is 4.81. The fourth-order valence-electron chi connectivity index (χ4n) is 3.88. The van der Waals surface area contributed by atoms with Crippen molar-refractivity contribution >= 4 is 5.91 Å². The van der Waals surface area contributed by atoms with Crippen LogP contribution in [0.15, 0.2) is 24.3 Å². The van der Waals surface area contributed by atoms with E-state index in [1.807, 2.05) is 12.1 Å². The Bertz CT molecular complexity index is 488. The normalized spacial score (nSPS) is 26.2. The van der Waals surface area contributed by atoms with Gasteiger partial charge in [-0.1, -0.05) is 18.6 Å². The molecule has 2 unspecified atom stereocenters. The summed E-state index contributed by atoms with van der Waals surface area (Å²) in [5.74, 6) is 5.88. The smallest absolute Gasteiger partial charge is 0.265 e. The van der Waals surface area contributed by atoms with E-state index in [2.05, 4.69) is 16.4 Å². The third-order valence-corrected chi connectivity index (χ3v) is 4.81. The maximum absolute atomic E-state index is 11.6. The Hall–Kier alpha value is -1.39. The number of fused-ring (bicyclic) bond motifs is 1. The van der Waals surface area contributed by atoms with Gasteiger partial charge in [-0.25, -0.2) is 5.84 Å². The number of nitrogens with one attached hydrogen (secondary N) is 1. The molecule has 3 rings (SSSR count). The molecule has 1 aromatic carbocycles. The molecule has 1 aromatic rings. The largest absolute Gasteiger partial charge is 0.296 e. The second kappa shape index (κ2) is 5.94. The third kappa shape index (κ3) is 2.72. The molecule has 1 aliphatic carbocycles. The molecule has 4 nitrogen and oxygen atoms in total. The van der Waals surface area contributed by atoms with Crippen molar-refractivity contribution in [2.24, 2.45) is 11.8 Å². The molecule has 0 bridgehead atoms. The predicted molar refractivity (Wildman–Crippen MR) is 78.9 cm³/mol. The maximum atomic E-state index is 11.6. The van der Waals surface area contributed by atoms with Gasteiger partial charge in [-0.3, -0.25) is 15.1 Å². The van der Waals surface area contributed by atoms with Crippen LogP contribution in [0.2, 0.25) is 0 Å². The minimum atomic E-state index is -0.218. The molecule has 0 aromatic heterocycles. The number of hydrogen-bond donors (Lipinski definition) is 2. The molecule has 2 aliphatic rings. The number of nitrogens with zero attached hydrogens (tertiary/aromatic N) is 1. The monoisotopic (exact) mass is 273 g/mol. The van der Waals surface area contributed by atoms with Crippen molar-refractivity contribution in [2.75, 3.05) is 6.54 Å². The minimum absolute atomic E-state index is 0.218. The van der Waals surface area contributed by atoms with Crippen molar-refractivity contribution in [3.05, 3.63) is 35.4 Å². The Morgan fingerprint density at radius 2 is 2.15 bits per heavy atom. The van der Waals surface area contributed by atoms with E-state index in [9.17, 15) is 4.79 Å². The zero-order valence-electron chi connectivity index (χ0n) is 11.8. The average Bonchev–Trinajstić information content (AvgIpc) is 2.96. The maximum Gasteiger partial charge on any atom is 0.265 e. The van der Waals surface area contributed by atoms with E-state index in [1.165, 1.54) is 44.2 Å². The summed E-state index contributed by atoms with van der Waals surface area (Å²) in [7, 11) is 0. The van der Waals surface area contributed by atoms with E-state index in [4.69, 9.17) is 5.84 Å². The summed E-state index contributed by atoms with van der Waals surface area (Å²) >= 11 is 0. The van der Waals surface area contributed by atoms with Crippen LogP contribution >= 0.6 is 0 Å². The zero-order chi connectivity index (χ0) is 13.9. The van der Waals surface area contributed by atoms with Gasteiger partial charge in [0.2, 0.25) is 0 Å². The average molecular weight is 273 g/mol. The van der Waals surface area contributed by atoms with Gasteiger partial charge in [0.25, 0.3) is 5.91 Å². The molecule has 20 heavy (non-hydrogen) atoms. The van der Waals surface area contributed by atoms with E-state index >= 15 is 0 Å². The minimum Gasteiger partial charge on any atom is -0.296 e. The lowest BCUT2D eigenvalue weighted by Gasteiger charge is -2.37. The molecule has 1 heterocycles. The van der Waals surface area contributed by atoms with E-state index in [-0.39, 0.29) is 5.91 Å². The Morgan fingerprint density at radius 3 is 3.00 bits per heavy atom. The number of hydrazine groups is 1. The van der Waals surface area contributed by atoms with Gasteiger partial charge in [0.05, 0.1) is 0 Å². The first-order valence-corrected chi connectivity index (χ1v) is 7.62. The number of piperidine rings is 1. The Labute approximate surface area is 120 Å². The molecule has 1 aliphatic heterocycles. The van der Waals surface area contributed by atoms with Crippen LogP contribution in [-0.4, -0.2) is 23.4 Å². The van der Waals surface area contributed by atoms with Gasteiger partial charge >= 0.3 is 0 Å². The van der Waals surface area contributed by atoms with Crippen molar-refractivity contribution in [2.45, 2.75) is 44.7 Å². The van der Waals surface area contributed by atoms with Gasteiger partial charge < -0.3 is 0 Å². The van der Waals surface area contributed by atoms with Gasteiger partial charge in [0.15, 0.2) is 0 Å². The predicted octanol–water partition coefficient (Wildman–Crippen LogP) is 2.05. The molecule has 0 spiro atoms. The van der Waals surface area contributed by atoms with Crippen molar-refractivity contribution < 1.29 is 4.79 Å². The first kappa shape index (κ1) is 13.6. The molecular weight excluding hydrogens is 250 g/mol. The quantitative estimate of drug-likeness (QED) is 0.503. The van der Waals surface area contributed by atoms with Crippen molar-refractivity contribution in [1.29, 1.82) is 0 Å². The summed E-state index contributed by atoms with van der Waals surface area (Å²) in [6, 6.07) is 8.57. The van der Waals surface area contributed by atoms with Gasteiger partial charge in [-0.15, -0.1) is 0 Å². The summed E-state index contributed by atoms with van der Waals surface area (Å²) in [5.41, 5.74) is 4.05. The lowest BCUT2D eigenvalue weighted by atomic mass is 9.91. The molecule has 1 saturated heterocycles. The standard InChI is InChI=1S/C16H23N3O/c17-18-16(20)14-6-1-4-12(10-14)11-19-9-3-7-13-5-2-8-15(13)19/h1,4,6,10,13,15H,2-3,5,7-9,11,17H2,(H,18,20). The van der Waals surface area contributed by atoms with Crippen LogP contribution in [0.25, 0.3) is 0 Å². The van der Waals surface area contributed by atoms with Crippen LogP contribution in [0.5, 0.6) is 0 Å². The van der Waals surface area contributed by atoms with Gasteiger partial charge in [0, 0.05) is 18.2 Å². The highest BCUT2D eigenvalue weighted by molar-refractivity contribution is 5.93. The number of rotatable bonds is 3. The van der Waals surface area contributed by atoms with Crippen LogP contribution in [0.1, 0.15) is 48.0 Å². The van der Waals surface area contributed by atoms with Gasteiger partial charge in [-0.2, -0.15) is 0 Å². The summed E-state index contributed by atoms with van der Waals surface area (Å²) in [5, 5.41) is 0. The molecule has 108 valence electrons. The summed E-state index contributed by atoms with van der Waals surface area (Å²) in [4.78, 5) is 14.2. The topological polar surface area (TPSA) is 58.4 Å². The number of carbonyl (C=O) groups excluding carboxylic acids is 1. The van der Waals surface area contributed by atoms with Crippen LogP contribution in [0.3, 0.4) is 0 Å². The Kier molecular flexibility index (Phi) is 4.03. The highest BCUT2D eigenvalue weighted by atomic mass is 16.2. The SMILES string of the molecule is NNC(=O)c1cccc(CN2CCCC3CCCC32)c1. The molecule has 2 fully saturated rings. The lowest BCUT2D eigenvalue weighted by Crippen LogP contribution is -2.41. The van der Waals surface area contributed by atoms with Gasteiger partial charge in [-0.05, 0) is 55.8 Å². The second-order valence-electron chi connectivity index (χ2n) is 6.04. The molecule has 4 heteroatoms. The molecule has 0 radical (unpaired) electrons. The highest BCUT2D eigenvalue weighted by Gasteiger charge is 2.34. The Balaban J connectivity index is 1.72. The summed E-state index contributed by atoms with van der Waals surface area (Å²) in [6.07, 6.45) is 6.83. The molecular formula is C16H23N3O. The van der Waals surface area contributed by atoms with Crippen LogP contribution in [0.4, 0.5) is 0 Å². The van der Waals surface area contributed by atoms with Gasteiger partial charge in [0.1, 0.15) is 0 Å². The number of hydrogen-bond acceptors (Lipinski definition) is 3. The number of nitrogens with two attached hydrogens (primary N) is 1. The summed E-state index contributed by atoms with van der Waals surface area (Å²) < 4.78 is 0. The van der Waals surface area contributed by atoms with Crippen LogP contribution in [-0.2, 0) is 6.54 Å². The number of carbonyl (C=O) groups is 1. The number of likely N-dealkylation sites (tertiary alicyclic amines) is 1. The summed E-state index contributed by atoms with van der Waals surface area (Å²) in [6.45, 7) is 2.14. The van der Waals surface area contributed by atoms with E-state index in [0.29, 0.717) is 5.56 Å². The number of nitrogen functional groups attached to an aromatic ring is 1. The van der Waals surface area contributed by atoms with E-state index in [0.717, 1.165) is 18.5 Å². The van der Waals surface area contributed by atoms with E-state index in [1.54, 1.807) is 6.07 Å². The van der Waals surface area contributed by atoms with Crippen LogP contribution < -0.4 is 11.3 Å². The number of benzene rings is 1. The fourth-order valence-corrected chi connectivity index (χ4v) is 3.88. The highest BCUT2D eigenvalue weighted by Crippen LogP contribution is 2.37. The zero-order valence-corrected chi connectivity index (χ0v) is 11.8. The first-order chi connectivity index (χ1) is 9.78. The number of amides is 1. The van der Waals surface area contributed by atoms with Crippen molar-refractivity contribution in [1.82, 2.24) is 10.3 Å².